The molecule has 1 aromatic carbocycles. The zero-order chi connectivity index (χ0) is 17.2. The normalized spacial score (nSPS) is 25.3. The van der Waals surface area contributed by atoms with Crippen LogP contribution in [0.3, 0.4) is 0 Å². The summed E-state index contributed by atoms with van der Waals surface area (Å²) >= 11 is 0. The summed E-state index contributed by atoms with van der Waals surface area (Å²) < 4.78 is 0. The Kier molecular flexibility index (Phi) is 5.29. The molecule has 3 rings (SSSR count). The van der Waals surface area contributed by atoms with Gasteiger partial charge in [-0.15, -0.1) is 0 Å². The summed E-state index contributed by atoms with van der Waals surface area (Å²) in [5, 5.41) is 0. The number of piperidine rings is 1. The van der Waals surface area contributed by atoms with E-state index in [1.54, 1.807) is 0 Å². The second-order valence-corrected chi connectivity index (χ2v) is 8.02. The lowest BCUT2D eigenvalue weighted by atomic mass is 9.68. The largest absolute Gasteiger partial charge is 0.342 e. The number of carbonyl (C=O) groups is 1. The zero-order valence-electron chi connectivity index (χ0n) is 15.3. The highest BCUT2D eigenvalue weighted by molar-refractivity contribution is 5.88. The van der Waals surface area contributed by atoms with Crippen LogP contribution >= 0.6 is 0 Å². The first-order chi connectivity index (χ1) is 11.5. The molecule has 24 heavy (non-hydrogen) atoms. The molecule has 1 saturated carbocycles. The molecule has 0 radical (unpaired) electrons. The molecule has 1 aromatic rings. The van der Waals surface area contributed by atoms with Crippen LogP contribution < -0.4 is 5.73 Å². The van der Waals surface area contributed by atoms with Crippen molar-refractivity contribution in [2.24, 2.45) is 11.7 Å². The van der Waals surface area contributed by atoms with Gasteiger partial charge in [0.05, 0.1) is 5.41 Å². The summed E-state index contributed by atoms with van der Waals surface area (Å²) in [5.74, 6) is 0.805. The van der Waals surface area contributed by atoms with Gasteiger partial charge < -0.3 is 10.6 Å². The number of hydrogen-bond donors (Lipinski definition) is 1. The standard InChI is InChI=1S/C21H32N2O/c1-16-8-6-10-19(14-16)21(11-4-3-5-12-21)20(24)23-13-7-9-18(15-23)17(2)22/h6,8,10,14,17-18H,3-5,7,9,11-13,15,22H2,1-2H3. The quantitative estimate of drug-likeness (QED) is 0.918. The fourth-order valence-corrected chi connectivity index (χ4v) is 4.65. The van der Waals surface area contributed by atoms with Crippen molar-refractivity contribution < 1.29 is 4.79 Å². The van der Waals surface area contributed by atoms with Gasteiger partial charge >= 0.3 is 0 Å². The van der Waals surface area contributed by atoms with Crippen LogP contribution in [-0.2, 0) is 10.2 Å². The van der Waals surface area contributed by atoms with Gasteiger partial charge in [-0.2, -0.15) is 0 Å². The van der Waals surface area contributed by atoms with E-state index in [0.29, 0.717) is 11.8 Å². The van der Waals surface area contributed by atoms with E-state index < -0.39 is 0 Å². The minimum Gasteiger partial charge on any atom is -0.342 e. The average Bonchev–Trinajstić information content (AvgIpc) is 2.61. The Hall–Kier alpha value is -1.35. The number of carbonyl (C=O) groups excluding carboxylic acids is 1. The van der Waals surface area contributed by atoms with E-state index >= 15 is 0 Å². The Labute approximate surface area is 146 Å². The number of hydrogen-bond acceptors (Lipinski definition) is 2. The first-order valence-electron chi connectivity index (χ1n) is 9.65. The summed E-state index contributed by atoms with van der Waals surface area (Å²) in [6.07, 6.45) is 7.79. The molecule has 1 saturated heterocycles. The second kappa shape index (κ2) is 7.26. The minimum absolute atomic E-state index is 0.168. The molecule has 2 N–H and O–H groups in total. The number of amides is 1. The number of nitrogens with zero attached hydrogens (tertiary/aromatic N) is 1. The van der Waals surface area contributed by atoms with Gasteiger partial charge in [-0.25, -0.2) is 0 Å². The Morgan fingerprint density at radius 2 is 2.00 bits per heavy atom. The Balaban J connectivity index is 1.89. The molecule has 0 spiro atoms. The van der Waals surface area contributed by atoms with E-state index in [9.17, 15) is 4.79 Å². The van der Waals surface area contributed by atoms with Crippen LogP contribution in [0.1, 0.15) is 63.0 Å². The van der Waals surface area contributed by atoms with E-state index in [2.05, 4.69) is 43.0 Å². The highest BCUT2D eigenvalue weighted by Gasteiger charge is 2.44. The number of aryl methyl sites for hydroxylation is 1. The summed E-state index contributed by atoms with van der Waals surface area (Å²) in [7, 11) is 0. The lowest BCUT2D eigenvalue weighted by Crippen LogP contribution is -2.53. The van der Waals surface area contributed by atoms with E-state index in [4.69, 9.17) is 5.73 Å². The van der Waals surface area contributed by atoms with Gasteiger partial charge in [0.2, 0.25) is 5.91 Å². The van der Waals surface area contributed by atoms with Crippen molar-refractivity contribution in [2.45, 2.75) is 70.3 Å². The lowest BCUT2D eigenvalue weighted by Gasteiger charge is -2.43. The third-order valence-electron chi connectivity index (χ3n) is 6.18. The highest BCUT2D eigenvalue weighted by Crippen LogP contribution is 2.42. The highest BCUT2D eigenvalue weighted by atomic mass is 16.2. The predicted molar refractivity (Wildman–Crippen MR) is 98.9 cm³/mol. The lowest BCUT2D eigenvalue weighted by molar-refractivity contribution is -0.141. The number of benzene rings is 1. The first-order valence-corrected chi connectivity index (χ1v) is 9.65. The third-order valence-corrected chi connectivity index (χ3v) is 6.18. The van der Waals surface area contributed by atoms with Crippen molar-refractivity contribution in [3.8, 4) is 0 Å². The fraction of sp³-hybridized carbons (Fsp3) is 0.667. The van der Waals surface area contributed by atoms with Crippen LogP contribution in [0, 0.1) is 12.8 Å². The van der Waals surface area contributed by atoms with Crippen molar-refractivity contribution in [3.63, 3.8) is 0 Å². The van der Waals surface area contributed by atoms with Crippen molar-refractivity contribution in [1.29, 1.82) is 0 Å². The van der Waals surface area contributed by atoms with Crippen molar-refractivity contribution in [3.05, 3.63) is 35.4 Å². The SMILES string of the molecule is Cc1cccc(C2(C(=O)N3CCCC(C(C)N)C3)CCCCC2)c1. The molecule has 3 nitrogen and oxygen atoms in total. The van der Waals surface area contributed by atoms with Gasteiger partial charge in [-0.05, 0) is 51.0 Å². The monoisotopic (exact) mass is 328 g/mol. The number of rotatable bonds is 3. The molecule has 3 heteroatoms. The van der Waals surface area contributed by atoms with Gasteiger partial charge in [0.25, 0.3) is 0 Å². The van der Waals surface area contributed by atoms with Gasteiger partial charge in [-0.1, -0.05) is 49.1 Å². The summed E-state index contributed by atoms with van der Waals surface area (Å²) in [6, 6.07) is 8.80. The van der Waals surface area contributed by atoms with Crippen LogP contribution in [0.25, 0.3) is 0 Å². The van der Waals surface area contributed by atoms with Crippen LogP contribution in [0.5, 0.6) is 0 Å². The molecule has 1 amide bonds. The van der Waals surface area contributed by atoms with E-state index in [1.807, 2.05) is 0 Å². The summed E-state index contributed by atoms with van der Waals surface area (Å²) in [5.41, 5.74) is 8.31. The van der Waals surface area contributed by atoms with Crippen molar-refractivity contribution in [1.82, 2.24) is 4.90 Å². The molecule has 0 aromatic heterocycles. The maximum Gasteiger partial charge on any atom is 0.233 e. The van der Waals surface area contributed by atoms with Gasteiger partial charge in [-0.3, -0.25) is 4.79 Å². The van der Waals surface area contributed by atoms with Gasteiger partial charge in [0, 0.05) is 19.1 Å². The molecule has 1 heterocycles. The van der Waals surface area contributed by atoms with E-state index in [1.165, 1.54) is 17.5 Å². The van der Waals surface area contributed by atoms with Crippen LogP contribution in [0.15, 0.2) is 24.3 Å². The number of nitrogens with two attached hydrogens (primary N) is 1. The molecule has 2 atom stereocenters. The summed E-state index contributed by atoms with van der Waals surface area (Å²) in [4.78, 5) is 15.8. The predicted octanol–water partition coefficient (Wildman–Crippen LogP) is 3.78. The van der Waals surface area contributed by atoms with Crippen molar-refractivity contribution >= 4 is 5.91 Å². The Morgan fingerprint density at radius 3 is 2.67 bits per heavy atom. The third kappa shape index (κ3) is 3.37. The maximum absolute atomic E-state index is 13.6. The van der Waals surface area contributed by atoms with E-state index in [0.717, 1.165) is 51.6 Å². The van der Waals surface area contributed by atoms with Crippen LogP contribution in [-0.4, -0.2) is 29.9 Å². The molecular formula is C21H32N2O. The molecule has 1 aliphatic heterocycles. The molecular weight excluding hydrogens is 296 g/mol. The van der Waals surface area contributed by atoms with Crippen LogP contribution in [0.4, 0.5) is 0 Å². The minimum atomic E-state index is -0.302. The second-order valence-electron chi connectivity index (χ2n) is 8.02. The maximum atomic E-state index is 13.6. The number of likely N-dealkylation sites (tertiary alicyclic amines) is 1. The Morgan fingerprint density at radius 1 is 1.25 bits per heavy atom. The first kappa shape index (κ1) is 17.5. The summed E-state index contributed by atoms with van der Waals surface area (Å²) in [6.45, 7) is 5.94. The molecule has 132 valence electrons. The topological polar surface area (TPSA) is 46.3 Å². The smallest absolute Gasteiger partial charge is 0.233 e. The van der Waals surface area contributed by atoms with E-state index in [-0.39, 0.29) is 11.5 Å². The molecule has 1 aliphatic carbocycles. The molecule has 2 fully saturated rings. The van der Waals surface area contributed by atoms with Gasteiger partial charge in [0.15, 0.2) is 0 Å². The molecule has 0 bridgehead atoms. The van der Waals surface area contributed by atoms with Crippen molar-refractivity contribution in [2.75, 3.05) is 13.1 Å². The average molecular weight is 329 g/mol. The molecule has 2 aliphatic rings. The van der Waals surface area contributed by atoms with Gasteiger partial charge in [0.1, 0.15) is 0 Å². The Bertz CT molecular complexity index is 575. The fourth-order valence-electron chi connectivity index (χ4n) is 4.65. The van der Waals surface area contributed by atoms with Crippen LogP contribution in [0.2, 0.25) is 0 Å². The zero-order valence-corrected chi connectivity index (χ0v) is 15.3. The molecule has 2 unspecified atom stereocenters.